The highest BCUT2D eigenvalue weighted by molar-refractivity contribution is 5.30. The molecule has 1 saturated heterocycles. The first-order valence-corrected chi connectivity index (χ1v) is 7.62. The van der Waals surface area contributed by atoms with E-state index in [0.29, 0.717) is 0 Å². The first-order chi connectivity index (χ1) is 9.30. The standard InChI is InChI=1S/C17H27NO/c1-3-4-5-15-6-8-16(9-7-15)17(14-18-2)10-12-19-13-11-17/h6-9,18H,3-5,10-14H2,1-2H3. The molecule has 2 nitrogen and oxygen atoms in total. The smallest absolute Gasteiger partial charge is 0.0475 e. The second kappa shape index (κ2) is 7.06. The van der Waals surface area contributed by atoms with Gasteiger partial charge in [0.25, 0.3) is 0 Å². The first-order valence-electron chi connectivity index (χ1n) is 7.62. The predicted molar refractivity (Wildman–Crippen MR) is 80.7 cm³/mol. The van der Waals surface area contributed by atoms with Gasteiger partial charge in [0.15, 0.2) is 0 Å². The Labute approximate surface area is 117 Å². The molecule has 0 aromatic heterocycles. The molecule has 2 heteroatoms. The first kappa shape index (κ1) is 14.5. The molecule has 2 rings (SSSR count). The van der Waals surface area contributed by atoms with E-state index in [9.17, 15) is 0 Å². The van der Waals surface area contributed by atoms with Crippen LogP contribution < -0.4 is 5.32 Å². The van der Waals surface area contributed by atoms with Crippen LogP contribution in [0.5, 0.6) is 0 Å². The lowest BCUT2D eigenvalue weighted by atomic mass is 9.74. The molecule has 1 aromatic rings. The maximum absolute atomic E-state index is 5.54. The van der Waals surface area contributed by atoms with Crippen molar-refractivity contribution in [3.05, 3.63) is 35.4 Å². The largest absolute Gasteiger partial charge is 0.381 e. The zero-order chi connectivity index (χ0) is 13.6. The van der Waals surface area contributed by atoms with Gasteiger partial charge in [-0.05, 0) is 43.9 Å². The number of benzene rings is 1. The molecule has 0 amide bonds. The van der Waals surface area contributed by atoms with Crippen molar-refractivity contribution in [2.75, 3.05) is 26.8 Å². The number of nitrogens with one attached hydrogen (secondary N) is 1. The van der Waals surface area contributed by atoms with Gasteiger partial charge in [0.2, 0.25) is 0 Å². The lowest BCUT2D eigenvalue weighted by Crippen LogP contribution is -2.41. The Morgan fingerprint density at radius 3 is 2.42 bits per heavy atom. The lowest BCUT2D eigenvalue weighted by Gasteiger charge is -2.37. The second-order valence-corrected chi connectivity index (χ2v) is 5.72. The molecule has 0 radical (unpaired) electrons. The van der Waals surface area contributed by atoms with Crippen LogP contribution in [-0.4, -0.2) is 26.8 Å². The predicted octanol–water partition coefficient (Wildman–Crippen LogP) is 3.30. The maximum Gasteiger partial charge on any atom is 0.0475 e. The molecule has 1 heterocycles. The molecular weight excluding hydrogens is 234 g/mol. The number of hydrogen-bond acceptors (Lipinski definition) is 2. The van der Waals surface area contributed by atoms with E-state index in [1.807, 2.05) is 7.05 Å². The number of unbranched alkanes of at least 4 members (excludes halogenated alkanes) is 1. The quantitative estimate of drug-likeness (QED) is 0.848. The molecule has 0 atom stereocenters. The Bertz CT molecular complexity index is 360. The Morgan fingerprint density at radius 1 is 1.16 bits per heavy atom. The molecule has 0 saturated carbocycles. The van der Waals surface area contributed by atoms with Gasteiger partial charge in [-0.1, -0.05) is 37.6 Å². The van der Waals surface area contributed by atoms with Gasteiger partial charge in [-0.3, -0.25) is 0 Å². The fourth-order valence-electron chi connectivity index (χ4n) is 3.07. The number of aryl methyl sites for hydroxylation is 1. The summed E-state index contributed by atoms with van der Waals surface area (Å²) in [5.41, 5.74) is 3.22. The van der Waals surface area contributed by atoms with E-state index >= 15 is 0 Å². The number of likely N-dealkylation sites (N-methyl/N-ethyl adjacent to an activating group) is 1. The van der Waals surface area contributed by atoms with Crippen molar-refractivity contribution in [2.45, 2.75) is 44.4 Å². The van der Waals surface area contributed by atoms with E-state index in [-0.39, 0.29) is 5.41 Å². The SMILES string of the molecule is CCCCc1ccc(C2(CNC)CCOCC2)cc1. The molecule has 0 spiro atoms. The number of rotatable bonds is 6. The zero-order valence-electron chi connectivity index (χ0n) is 12.4. The van der Waals surface area contributed by atoms with Gasteiger partial charge in [0, 0.05) is 25.2 Å². The van der Waals surface area contributed by atoms with Crippen LogP contribution in [0.15, 0.2) is 24.3 Å². The fraction of sp³-hybridized carbons (Fsp3) is 0.647. The van der Waals surface area contributed by atoms with Crippen molar-refractivity contribution in [1.82, 2.24) is 5.32 Å². The third kappa shape index (κ3) is 3.58. The topological polar surface area (TPSA) is 21.3 Å². The molecule has 1 N–H and O–H groups in total. The van der Waals surface area contributed by atoms with E-state index in [1.54, 1.807) is 0 Å². The van der Waals surface area contributed by atoms with Gasteiger partial charge in [-0.25, -0.2) is 0 Å². The highest BCUT2D eigenvalue weighted by Gasteiger charge is 2.33. The molecule has 1 aliphatic heterocycles. The normalized spacial score (nSPS) is 18.4. The van der Waals surface area contributed by atoms with Gasteiger partial charge in [0.1, 0.15) is 0 Å². The minimum Gasteiger partial charge on any atom is -0.381 e. The molecule has 0 unspecified atom stereocenters. The van der Waals surface area contributed by atoms with Crippen molar-refractivity contribution in [2.24, 2.45) is 0 Å². The lowest BCUT2D eigenvalue weighted by molar-refractivity contribution is 0.0506. The fourth-order valence-corrected chi connectivity index (χ4v) is 3.07. The number of ether oxygens (including phenoxy) is 1. The average molecular weight is 261 g/mol. The molecule has 0 aliphatic carbocycles. The van der Waals surface area contributed by atoms with E-state index in [4.69, 9.17) is 4.74 Å². The van der Waals surface area contributed by atoms with Crippen molar-refractivity contribution >= 4 is 0 Å². The van der Waals surface area contributed by atoms with Crippen molar-refractivity contribution in [3.8, 4) is 0 Å². The summed E-state index contributed by atoms with van der Waals surface area (Å²) in [6.07, 6.45) is 6.01. The van der Waals surface area contributed by atoms with Gasteiger partial charge in [0.05, 0.1) is 0 Å². The van der Waals surface area contributed by atoms with Gasteiger partial charge < -0.3 is 10.1 Å². The molecule has 106 valence electrons. The molecule has 1 fully saturated rings. The maximum atomic E-state index is 5.54. The summed E-state index contributed by atoms with van der Waals surface area (Å²) in [6.45, 7) is 5.07. The van der Waals surface area contributed by atoms with Crippen LogP contribution in [0.25, 0.3) is 0 Å². The summed E-state index contributed by atoms with van der Waals surface area (Å²) in [5, 5.41) is 3.37. The van der Waals surface area contributed by atoms with Gasteiger partial charge in [-0.2, -0.15) is 0 Å². The monoisotopic (exact) mass is 261 g/mol. The van der Waals surface area contributed by atoms with Crippen molar-refractivity contribution in [1.29, 1.82) is 0 Å². The summed E-state index contributed by atoms with van der Waals surface area (Å²) < 4.78 is 5.54. The van der Waals surface area contributed by atoms with Crippen LogP contribution in [0.4, 0.5) is 0 Å². The van der Waals surface area contributed by atoms with Crippen LogP contribution in [0.2, 0.25) is 0 Å². The van der Waals surface area contributed by atoms with Crippen LogP contribution in [-0.2, 0) is 16.6 Å². The van der Waals surface area contributed by atoms with E-state index in [1.165, 1.54) is 30.4 Å². The summed E-state index contributed by atoms with van der Waals surface area (Å²) in [4.78, 5) is 0. The Kier molecular flexibility index (Phi) is 5.41. The third-order valence-corrected chi connectivity index (χ3v) is 4.35. The van der Waals surface area contributed by atoms with Gasteiger partial charge in [-0.15, -0.1) is 0 Å². The van der Waals surface area contributed by atoms with Crippen LogP contribution in [0, 0.1) is 0 Å². The van der Waals surface area contributed by atoms with E-state index in [0.717, 1.165) is 32.6 Å². The molecule has 1 aliphatic rings. The number of hydrogen-bond donors (Lipinski definition) is 1. The minimum absolute atomic E-state index is 0.274. The second-order valence-electron chi connectivity index (χ2n) is 5.72. The molecule has 19 heavy (non-hydrogen) atoms. The zero-order valence-corrected chi connectivity index (χ0v) is 12.4. The van der Waals surface area contributed by atoms with Crippen LogP contribution in [0.1, 0.15) is 43.7 Å². The van der Waals surface area contributed by atoms with E-state index < -0.39 is 0 Å². The average Bonchev–Trinajstić information content (AvgIpc) is 2.47. The summed E-state index contributed by atoms with van der Waals surface area (Å²) >= 11 is 0. The highest BCUT2D eigenvalue weighted by atomic mass is 16.5. The third-order valence-electron chi connectivity index (χ3n) is 4.35. The Balaban J connectivity index is 2.12. The summed E-state index contributed by atoms with van der Waals surface area (Å²) in [5.74, 6) is 0. The van der Waals surface area contributed by atoms with Crippen LogP contribution in [0.3, 0.4) is 0 Å². The molecule has 0 bridgehead atoms. The van der Waals surface area contributed by atoms with Crippen LogP contribution >= 0.6 is 0 Å². The van der Waals surface area contributed by atoms with Gasteiger partial charge >= 0.3 is 0 Å². The summed E-state index contributed by atoms with van der Waals surface area (Å²) in [7, 11) is 2.05. The Morgan fingerprint density at radius 2 is 1.84 bits per heavy atom. The molecule has 1 aromatic carbocycles. The Hall–Kier alpha value is -0.860. The molecular formula is C17H27NO. The van der Waals surface area contributed by atoms with Crippen molar-refractivity contribution in [3.63, 3.8) is 0 Å². The minimum atomic E-state index is 0.274. The van der Waals surface area contributed by atoms with E-state index in [2.05, 4.69) is 36.5 Å². The highest BCUT2D eigenvalue weighted by Crippen LogP contribution is 2.34. The van der Waals surface area contributed by atoms with Crippen molar-refractivity contribution < 1.29 is 4.74 Å². The summed E-state index contributed by atoms with van der Waals surface area (Å²) in [6, 6.07) is 9.32.